The molecule has 2 nitrogen and oxygen atoms in total. The van der Waals surface area contributed by atoms with Crippen molar-refractivity contribution in [3.63, 3.8) is 0 Å². The van der Waals surface area contributed by atoms with Gasteiger partial charge in [-0.2, -0.15) is 0 Å². The van der Waals surface area contributed by atoms with Crippen LogP contribution in [0.15, 0.2) is 53.5 Å². The summed E-state index contributed by atoms with van der Waals surface area (Å²) in [6, 6.07) is 14.3. The Morgan fingerprint density at radius 2 is 1.80 bits per heavy atom. The van der Waals surface area contributed by atoms with Gasteiger partial charge >= 0.3 is 0 Å². The molecule has 0 spiro atoms. The van der Waals surface area contributed by atoms with E-state index in [1.807, 2.05) is 24.3 Å². The van der Waals surface area contributed by atoms with Crippen LogP contribution in [0.5, 0.6) is 5.75 Å². The maximum absolute atomic E-state index is 12.8. The Balaban J connectivity index is 1.62. The van der Waals surface area contributed by atoms with Gasteiger partial charge in [0.1, 0.15) is 18.2 Å². The standard InChI is InChI=1S/C16H14FNOS/c17-14-5-1-12(2-6-14)11-19-15-7-3-13(4-8-15)16-18-9-10-20-16/h1-8H,9-11H2. The normalized spacial score (nSPS) is 14.2. The zero-order valence-electron chi connectivity index (χ0n) is 10.9. The van der Waals surface area contributed by atoms with E-state index in [2.05, 4.69) is 4.99 Å². The third-order valence-corrected chi connectivity index (χ3v) is 4.03. The minimum atomic E-state index is -0.229. The molecule has 1 aliphatic rings. The molecule has 20 heavy (non-hydrogen) atoms. The third kappa shape index (κ3) is 3.20. The number of benzene rings is 2. The van der Waals surface area contributed by atoms with Gasteiger partial charge in [-0.15, -0.1) is 11.8 Å². The Bertz CT molecular complexity index is 607. The van der Waals surface area contributed by atoms with Crippen molar-refractivity contribution in [3.05, 3.63) is 65.5 Å². The number of hydrogen-bond acceptors (Lipinski definition) is 3. The fourth-order valence-corrected chi connectivity index (χ4v) is 2.81. The van der Waals surface area contributed by atoms with Gasteiger partial charge in [0.05, 0.1) is 5.04 Å². The van der Waals surface area contributed by atoms with Gasteiger partial charge in [-0.1, -0.05) is 12.1 Å². The maximum Gasteiger partial charge on any atom is 0.123 e. The van der Waals surface area contributed by atoms with Gasteiger partial charge in [-0.25, -0.2) is 4.39 Å². The summed E-state index contributed by atoms with van der Waals surface area (Å²) in [7, 11) is 0. The number of hydrogen-bond donors (Lipinski definition) is 0. The van der Waals surface area contributed by atoms with Crippen molar-refractivity contribution in [1.29, 1.82) is 0 Å². The molecule has 0 radical (unpaired) electrons. The fourth-order valence-electron chi connectivity index (χ4n) is 1.95. The van der Waals surface area contributed by atoms with Crippen molar-refractivity contribution in [2.24, 2.45) is 4.99 Å². The topological polar surface area (TPSA) is 21.6 Å². The first-order valence-electron chi connectivity index (χ1n) is 6.46. The Hall–Kier alpha value is -1.81. The lowest BCUT2D eigenvalue weighted by Gasteiger charge is -2.07. The molecule has 0 unspecified atom stereocenters. The molecule has 0 N–H and O–H groups in total. The predicted octanol–water partition coefficient (Wildman–Crippen LogP) is 3.90. The van der Waals surface area contributed by atoms with Crippen LogP contribution in [0.25, 0.3) is 0 Å². The Morgan fingerprint density at radius 1 is 1.05 bits per heavy atom. The van der Waals surface area contributed by atoms with Gasteiger partial charge in [-0.05, 0) is 42.0 Å². The average molecular weight is 287 g/mol. The fraction of sp³-hybridized carbons (Fsp3) is 0.188. The van der Waals surface area contributed by atoms with Crippen molar-refractivity contribution in [3.8, 4) is 5.75 Å². The summed E-state index contributed by atoms with van der Waals surface area (Å²) in [4.78, 5) is 4.44. The summed E-state index contributed by atoms with van der Waals surface area (Å²) in [5.74, 6) is 1.65. The lowest BCUT2D eigenvalue weighted by atomic mass is 10.2. The van der Waals surface area contributed by atoms with Crippen LogP contribution in [0.1, 0.15) is 11.1 Å². The molecule has 1 aliphatic heterocycles. The maximum atomic E-state index is 12.8. The second kappa shape index (κ2) is 6.09. The van der Waals surface area contributed by atoms with Crippen LogP contribution >= 0.6 is 11.8 Å². The zero-order valence-corrected chi connectivity index (χ0v) is 11.7. The van der Waals surface area contributed by atoms with E-state index >= 15 is 0 Å². The highest BCUT2D eigenvalue weighted by molar-refractivity contribution is 8.14. The van der Waals surface area contributed by atoms with Crippen molar-refractivity contribution in [1.82, 2.24) is 0 Å². The number of thioether (sulfide) groups is 1. The van der Waals surface area contributed by atoms with Crippen LogP contribution in [0.4, 0.5) is 4.39 Å². The van der Waals surface area contributed by atoms with Crippen LogP contribution < -0.4 is 4.74 Å². The molecule has 3 rings (SSSR count). The summed E-state index contributed by atoms with van der Waals surface area (Å²) < 4.78 is 18.5. The molecule has 0 fully saturated rings. The van der Waals surface area contributed by atoms with E-state index in [9.17, 15) is 4.39 Å². The molecule has 2 aromatic rings. The van der Waals surface area contributed by atoms with E-state index in [-0.39, 0.29) is 5.82 Å². The van der Waals surface area contributed by atoms with Crippen LogP contribution in [0.2, 0.25) is 0 Å². The molecule has 1 heterocycles. The summed E-state index contributed by atoms with van der Waals surface area (Å²) in [6.45, 7) is 1.35. The first-order chi connectivity index (χ1) is 9.81. The Labute approximate surface area is 121 Å². The highest BCUT2D eigenvalue weighted by atomic mass is 32.2. The molecule has 102 valence electrons. The van der Waals surface area contributed by atoms with Crippen LogP contribution in [-0.2, 0) is 6.61 Å². The summed E-state index contributed by atoms with van der Waals surface area (Å²) in [5.41, 5.74) is 2.09. The van der Waals surface area contributed by atoms with Gasteiger partial charge in [-0.3, -0.25) is 4.99 Å². The highest BCUT2D eigenvalue weighted by Gasteiger charge is 2.09. The summed E-state index contributed by atoms with van der Waals surface area (Å²) >= 11 is 1.79. The lowest BCUT2D eigenvalue weighted by Crippen LogP contribution is -1.96. The van der Waals surface area contributed by atoms with Gasteiger partial charge < -0.3 is 4.74 Å². The second-order valence-electron chi connectivity index (χ2n) is 4.47. The minimum Gasteiger partial charge on any atom is -0.489 e. The van der Waals surface area contributed by atoms with Crippen LogP contribution in [0, 0.1) is 5.82 Å². The van der Waals surface area contributed by atoms with E-state index in [4.69, 9.17) is 4.74 Å². The molecule has 0 amide bonds. The quantitative estimate of drug-likeness (QED) is 0.850. The van der Waals surface area contributed by atoms with Crippen LogP contribution in [-0.4, -0.2) is 17.3 Å². The molecule has 0 aromatic heterocycles. The smallest absolute Gasteiger partial charge is 0.123 e. The first kappa shape index (κ1) is 13.2. The molecule has 0 aliphatic carbocycles. The molecule has 0 atom stereocenters. The SMILES string of the molecule is Fc1ccc(COc2ccc(C3=NCCS3)cc2)cc1. The Morgan fingerprint density at radius 3 is 2.45 bits per heavy atom. The average Bonchev–Trinajstić information content (AvgIpc) is 3.01. The van der Waals surface area contributed by atoms with E-state index in [0.717, 1.165) is 34.2 Å². The number of aliphatic imine (C=N–C) groups is 1. The summed E-state index contributed by atoms with van der Waals surface area (Å²) in [6.07, 6.45) is 0. The molecule has 0 saturated carbocycles. The van der Waals surface area contributed by atoms with Gasteiger partial charge in [0.15, 0.2) is 0 Å². The van der Waals surface area contributed by atoms with Gasteiger partial charge in [0.25, 0.3) is 0 Å². The second-order valence-corrected chi connectivity index (χ2v) is 5.56. The largest absolute Gasteiger partial charge is 0.489 e. The number of ether oxygens (including phenoxy) is 1. The van der Waals surface area contributed by atoms with E-state index < -0.39 is 0 Å². The molecule has 2 aromatic carbocycles. The lowest BCUT2D eigenvalue weighted by molar-refractivity contribution is 0.306. The van der Waals surface area contributed by atoms with Gasteiger partial charge in [0, 0.05) is 17.9 Å². The molecular weight excluding hydrogens is 273 g/mol. The van der Waals surface area contributed by atoms with Crippen molar-refractivity contribution >= 4 is 16.8 Å². The monoisotopic (exact) mass is 287 g/mol. The first-order valence-corrected chi connectivity index (χ1v) is 7.45. The molecule has 0 saturated heterocycles. The zero-order chi connectivity index (χ0) is 13.8. The number of halogens is 1. The molecular formula is C16H14FNOS. The minimum absolute atomic E-state index is 0.229. The van der Waals surface area contributed by atoms with Crippen LogP contribution in [0.3, 0.4) is 0 Å². The van der Waals surface area contributed by atoms with E-state index in [1.165, 1.54) is 12.1 Å². The highest BCUT2D eigenvalue weighted by Crippen LogP contribution is 2.21. The van der Waals surface area contributed by atoms with Crippen molar-refractivity contribution in [2.45, 2.75) is 6.61 Å². The molecule has 0 bridgehead atoms. The Kier molecular flexibility index (Phi) is 4.02. The van der Waals surface area contributed by atoms with E-state index in [0.29, 0.717) is 6.61 Å². The number of rotatable bonds is 4. The van der Waals surface area contributed by atoms with Crippen molar-refractivity contribution in [2.75, 3.05) is 12.3 Å². The summed E-state index contributed by atoms with van der Waals surface area (Å²) in [5, 5.41) is 1.11. The van der Waals surface area contributed by atoms with Crippen molar-refractivity contribution < 1.29 is 9.13 Å². The predicted molar refractivity (Wildman–Crippen MR) is 81.0 cm³/mol. The molecule has 4 heteroatoms. The van der Waals surface area contributed by atoms with E-state index in [1.54, 1.807) is 23.9 Å². The third-order valence-electron chi connectivity index (χ3n) is 3.01. The van der Waals surface area contributed by atoms with Gasteiger partial charge in [0.2, 0.25) is 0 Å². The number of nitrogens with zero attached hydrogens (tertiary/aromatic N) is 1.